The molecule has 0 spiro atoms. The van der Waals surface area contributed by atoms with Crippen molar-refractivity contribution in [2.45, 2.75) is 33.1 Å². The van der Waals surface area contributed by atoms with Gasteiger partial charge in [0.25, 0.3) is 0 Å². The molecule has 0 aliphatic carbocycles. The highest BCUT2D eigenvalue weighted by atomic mass is 35.5. The van der Waals surface area contributed by atoms with Crippen molar-refractivity contribution >= 4 is 17.4 Å². The van der Waals surface area contributed by atoms with Gasteiger partial charge in [-0.05, 0) is 49.9 Å². The van der Waals surface area contributed by atoms with Crippen LogP contribution in [0.3, 0.4) is 0 Å². The van der Waals surface area contributed by atoms with Crippen molar-refractivity contribution in [1.29, 1.82) is 0 Å². The lowest BCUT2D eigenvalue weighted by molar-refractivity contribution is -0.117. The Balaban J connectivity index is 2.69. The molecular weight excluding hydrogens is 215 g/mol. The highest BCUT2D eigenvalue weighted by Gasteiger charge is 2.06. The molecule has 1 aromatic rings. The first kappa shape index (κ1) is 12.2. The second-order valence-corrected chi connectivity index (χ2v) is 4.16. The van der Waals surface area contributed by atoms with Crippen molar-refractivity contribution in [1.82, 2.24) is 0 Å². The SMILES string of the molecule is CC(=O)CCCc1cc(F)c(C)cc1Cl. The van der Waals surface area contributed by atoms with Gasteiger partial charge in [-0.1, -0.05) is 11.6 Å². The fourth-order valence-corrected chi connectivity index (χ4v) is 1.72. The van der Waals surface area contributed by atoms with Crippen LogP contribution in [0.25, 0.3) is 0 Å². The van der Waals surface area contributed by atoms with Crippen molar-refractivity contribution in [3.05, 3.63) is 34.1 Å². The van der Waals surface area contributed by atoms with Crippen LogP contribution in [0.15, 0.2) is 12.1 Å². The summed E-state index contributed by atoms with van der Waals surface area (Å²) in [5, 5.41) is 0.581. The standard InChI is InChI=1S/C12H14ClFO/c1-8-6-11(13)10(7-12(8)14)5-3-4-9(2)15/h6-7H,3-5H2,1-2H3. The summed E-state index contributed by atoms with van der Waals surface area (Å²) in [4.78, 5) is 10.7. The van der Waals surface area contributed by atoms with Gasteiger partial charge in [0.1, 0.15) is 11.6 Å². The number of carbonyl (C=O) groups excluding carboxylic acids is 1. The first-order chi connectivity index (χ1) is 7.00. The molecule has 0 saturated carbocycles. The van der Waals surface area contributed by atoms with E-state index < -0.39 is 0 Å². The smallest absolute Gasteiger partial charge is 0.129 e. The molecule has 0 N–H and O–H groups in total. The minimum Gasteiger partial charge on any atom is -0.300 e. The molecule has 0 saturated heterocycles. The Kier molecular flexibility index (Phi) is 4.28. The number of rotatable bonds is 4. The molecule has 82 valence electrons. The highest BCUT2D eigenvalue weighted by molar-refractivity contribution is 6.31. The number of hydrogen-bond acceptors (Lipinski definition) is 1. The zero-order valence-corrected chi connectivity index (χ0v) is 9.70. The zero-order chi connectivity index (χ0) is 11.4. The largest absolute Gasteiger partial charge is 0.300 e. The summed E-state index contributed by atoms with van der Waals surface area (Å²) in [6.07, 6.45) is 1.89. The second-order valence-electron chi connectivity index (χ2n) is 3.75. The molecule has 1 nitrogen and oxygen atoms in total. The van der Waals surface area contributed by atoms with Crippen molar-refractivity contribution in [3.63, 3.8) is 0 Å². The van der Waals surface area contributed by atoms with Crippen LogP contribution in [0, 0.1) is 12.7 Å². The van der Waals surface area contributed by atoms with E-state index in [0.717, 1.165) is 12.0 Å². The molecule has 0 aliphatic heterocycles. The van der Waals surface area contributed by atoms with Gasteiger partial charge in [0.05, 0.1) is 0 Å². The molecular formula is C12H14ClFO. The van der Waals surface area contributed by atoms with Gasteiger partial charge in [0, 0.05) is 11.4 Å². The number of benzene rings is 1. The maximum absolute atomic E-state index is 13.2. The summed E-state index contributed by atoms with van der Waals surface area (Å²) < 4.78 is 13.2. The van der Waals surface area contributed by atoms with E-state index in [-0.39, 0.29) is 11.6 Å². The molecule has 0 heterocycles. The minimum absolute atomic E-state index is 0.152. The van der Waals surface area contributed by atoms with Gasteiger partial charge < -0.3 is 4.79 Å². The van der Waals surface area contributed by atoms with E-state index >= 15 is 0 Å². The van der Waals surface area contributed by atoms with E-state index in [1.807, 2.05) is 0 Å². The Morgan fingerprint density at radius 3 is 2.73 bits per heavy atom. The van der Waals surface area contributed by atoms with Gasteiger partial charge in [-0.25, -0.2) is 4.39 Å². The molecule has 1 aromatic carbocycles. The first-order valence-corrected chi connectivity index (χ1v) is 5.32. The fraction of sp³-hybridized carbons (Fsp3) is 0.417. The fourth-order valence-electron chi connectivity index (χ4n) is 1.41. The van der Waals surface area contributed by atoms with E-state index in [4.69, 9.17) is 11.6 Å². The third-order valence-corrected chi connectivity index (χ3v) is 2.65. The lowest BCUT2D eigenvalue weighted by Crippen LogP contribution is -1.95. The van der Waals surface area contributed by atoms with Crippen LogP contribution in [0.5, 0.6) is 0 Å². The predicted octanol–water partition coefficient (Wildman–Crippen LogP) is 3.70. The van der Waals surface area contributed by atoms with Crippen LogP contribution in [0.2, 0.25) is 5.02 Å². The van der Waals surface area contributed by atoms with Crippen LogP contribution >= 0.6 is 11.6 Å². The van der Waals surface area contributed by atoms with Gasteiger partial charge in [-0.3, -0.25) is 0 Å². The number of Topliss-reactive ketones (excluding diaryl/α,β-unsaturated/α-hetero) is 1. The zero-order valence-electron chi connectivity index (χ0n) is 8.94. The van der Waals surface area contributed by atoms with Crippen LogP contribution in [0.4, 0.5) is 4.39 Å². The van der Waals surface area contributed by atoms with Gasteiger partial charge >= 0.3 is 0 Å². The maximum atomic E-state index is 13.2. The van der Waals surface area contributed by atoms with Crippen molar-refractivity contribution < 1.29 is 9.18 Å². The van der Waals surface area contributed by atoms with Crippen LogP contribution in [-0.2, 0) is 11.2 Å². The van der Waals surface area contributed by atoms with E-state index in [9.17, 15) is 9.18 Å². The van der Waals surface area contributed by atoms with E-state index in [2.05, 4.69) is 0 Å². The molecule has 0 unspecified atom stereocenters. The topological polar surface area (TPSA) is 17.1 Å². The Morgan fingerprint density at radius 2 is 2.13 bits per heavy atom. The summed E-state index contributed by atoms with van der Waals surface area (Å²) in [7, 11) is 0. The Morgan fingerprint density at radius 1 is 1.47 bits per heavy atom. The molecule has 15 heavy (non-hydrogen) atoms. The van der Waals surface area contributed by atoms with E-state index in [1.54, 1.807) is 19.9 Å². The summed E-state index contributed by atoms with van der Waals surface area (Å²) in [6, 6.07) is 3.08. The van der Waals surface area contributed by atoms with Crippen molar-refractivity contribution in [2.75, 3.05) is 0 Å². The summed E-state index contributed by atoms with van der Waals surface area (Å²) >= 11 is 5.97. The van der Waals surface area contributed by atoms with Gasteiger partial charge in [-0.15, -0.1) is 0 Å². The second kappa shape index (κ2) is 5.26. The quantitative estimate of drug-likeness (QED) is 0.768. The van der Waals surface area contributed by atoms with Gasteiger partial charge in [0.15, 0.2) is 0 Å². The average Bonchev–Trinajstić information content (AvgIpc) is 2.13. The Bertz CT molecular complexity index is 374. The molecule has 0 bridgehead atoms. The number of ketones is 1. The predicted molar refractivity (Wildman–Crippen MR) is 59.8 cm³/mol. The third-order valence-electron chi connectivity index (χ3n) is 2.30. The molecule has 3 heteroatoms. The minimum atomic E-state index is -0.239. The van der Waals surface area contributed by atoms with Crippen molar-refractivity contribution in [3.8, 4) is 0 Å². The molecule has 0 aliphatic rings. The first-order valence-electron chi connectivity index (χ1n) is 4.94. The maximum Gasteiger partial charge on any atom is 0.129 e. The molecule has 0 fully saturated rings. The molecule has 0 aromatic heterocycles. The van der Waals surface area contributed by atoms with Crippen LogP contribution in [0.1, 0.15) is 30.9 Å². The monoisotopic (exact) mass is 228 g/mol. The highest BCUT2D eigenvalue weighted by Crippen LogP contribution is 2.22. The van der Waals surface area contributed by atoms with E-state index in [1.165, 1.54) is 6.07 Å². The lowest BCUT2D eigenvalue weighted by atomic mass is 10.0. The molecule has 1 rings (SSSR count). The summed E-state index contributed by atoms with van der Waals surface area (Å²) in [5.41, 5.74) is 1.33. The third kappa shape index (κ3) is 3.63. The Hall–Kier alpha value is -0.890. The normalized spacial score (nSPS) is 10.4. The Labute approximate surface area is 94.3 Å². The lowest BCUT2D eigenvalue weighted by Gasteiger charge is -2.05. The molecule has 0 amide bonds. The van der Waals surface area contributed by atoms with Crippen LogP contribution in [-0.4, -0.2) is 5.78 Å². The summed E-state index contributed by atoms with van der Waals surface area (Å²) in [6.45, 7) is 3.23. The molecule has 0 atom stereocenters. The summed E-state index contributed by atoms with van der Waals surface area (Å²) in [5.74, 6) is -0.0871. The van der Waals surface area contributed by atoms with Crippen LogP contribution < -0.4 is 0 Å². The number of carbonyl (C=O) groups is 1. The van der Waals surface area contributed by atoms with Gasteiger partial charge in [-0.2, -0.15) is 0 Å². The number of aryl methyl sites for hydroxylation is 2. The number of hydrogen-bond donors (Lipinski definition) is 0. The number of halogens is 2. The van der Waals surface area contributed by atoms with Crippen molar-refractivity contribution in [2.24, 2.45) is 0 Å². The average molecular weight is 229 g/mol. The molecule has 0 radical (unpaired) electrons. The van der Waals surface area contributed by atoms with Gasteiger partial charge in [0.2, 0.25) is 0 Å². The van der Waals surface area contributed by atoms with E-state index in [0.29, 0.717) is 23.4 Å².